The maximum absolute atomic E-state index is 13.0. The molecule has 1 unspecified atom stereocenters. The van der Waals surface area contributed by atoms with Crippen molar-refractivity contribution in [2.24, 2.45) is 0 Å². The van der Waals surface area contributed by atoms with E-state index in [9.17, 15) is 31.2 Å². The monoisotopic (exact) mass is 465 g/mol. The smallest absolute Gasteiger partial charge is 0.405 e. The summed E-state index contributed by atoms with van der Waals surface area (Å²) in [7, 11) is -2.64. The number of sulfonamides is 1. The first-order chi connectivity index (χ1) is 14.5. The molecule has 0 saturated carbocycles. The van der Waals surface area contributed by atoms with Crippen LogP contribution in [0.3, 0.4) is 0 Å². The van der Waals surface area contributed by atoms with Gasteiger partial charge in [0.05, 0.1) is 7.11 Å². The van der Waals surface area contributed by atoms with Crippen LogP contribution in [-0.4, -0.2) is 74.9 Å². The van der Waals surface area contributed by atoms with Crippen LogP contribution in [0.15, 0.2) is 23.1 Å². The second-order valence-corrected chi connectivity index (χ2v) is 8.85. The van der Waals surface area contributed by atoms with E-state index in [1.54, 1.807) is 19.2 Å². The topological polar surface area (TPSA) is 96.0 Å². The van der Waals surface area contributed by atoms with Crippen LogP contribution in [0.4, 0.5) is 13.2 Å². The van der Waals surface area contributed by atoms with E-state index >= 15 is 0 Å². The van der Waals surface area contributed by atoms with Crippen molar-refractivity contribution in [1.29, 1.82) is 0 Å². The van der Waals surface area contributed by atoms with Crippen LogP contribution in [0.1, 0.15) is 37.0 Å². The van der Waals surface area contributed by atoms with Crippen molar-refractivity contribution in [3.05, 3.63) is 23.8 Å². The normalized spacial score (nSPS) is 17.1. The molecule has 2 rings (SSSR count). The second-order valence-electron chi connectivity index (χ2n) is 6.94. The van der Waals surface area contributed by atoms with Gasteiger partial charge in [0.1, 0.15) is 23.2 Å². The highest BCUT2D eigenvalue weighted by Crippen LogP contribution is 2.29. The molecule has 2 amide bonds. The van der Waals surface area contributed by atoms with E-state index in [1.807, 2.05) is 0 Å². The third kappa shape index (κ3) is 5.67. The summed E-state index contributed by atoms with van der Waals surface area (Å²) in [5.41, 5.74) is 0.00190. The average molecular weight is 465 g/mol. The van der Waals surface area contributed by atoms with E-state index in [2.05, 4.69) is 0 Å². The fraction of sp³-hybridized carbons (Fsp3) is 0.579. The van der Waals surface area contributed by atoms with Gasteiger partial charge in [-0.25, -0.2) is 8.42 Å². The molecule has 1 saturated heterocycles. The summed E-state index contributed by atoms with van der Waals surface area (Å²) in [6.45, 7) is 2.47. The van der Waals surface area contributed by atoms with Crippen LogP contribution in [0.25, 0.3) is 0 Å². The van der Waals surface area contributed by atoms with E-state index in [1.165, 1.54) is 34.5 Å². The number of ether oxygens (including phenoxy) is 1. The molecule has 0 aliphatic carbocycles. The number of nitrogens with one attached hydrogen (secondary N) is 1. The zero-order valence-corrected chi connectivity index (χ0v) is 18.3. The predicted octanol–water partition coefficient (Wildman–Crippen LogP) is 2.01. The number of benzene rings is 1. The van der Waals surface area contributed by atoms with Crippen LogP contribution in [0, 0.1) is 0 Å². The predicted molar refractivity (Wildman–Crippen MR) is 106 cm³/mol. The highest BCUT2D eigenvalue weighted by atomic mass is 32.2. The van der Waals surface area contributed by atoms with E-state index in [4.69, 9.17) is 4.74 Å². The number of nitrogens with zero attached hydrogens (tertiary/aromatic N) is 2. The minimum Gasteiger partial charge on any atom is -0.495 e. The summed E-state index contributed by atoms with van der Waals surface area (Å²) in [4.78, 5) is 26.2. The molecule has 12 heteroatoms. The molecule has 1 fully saturated rings. The molecule has 0 aromatic heterocycles. The van der Waals surface area contributed by atoms with Gasteiger partial charge in [0.2, 0.25) is 15.9 Å². The number of methoxy groups -OCH3 is 1. The van der Waals surface area contributed by atoms with E-state index in [0.717, 1.165) is 0 Å². The van der Waals surface area contributed by atoms with Crippen molar-refractivity contribution >= 4 is 21.8 Å². The lowest BCUT2D eigenvalue weighted by atomic mass is 10.1. The Morgan fingerprint density at radius 3 is 2.45 bits per heavy atom. The summed E-state index contributed by atoms with van der Waals surface area (Å²) in [5, 5.41) is 1.80. The van der Waals surface area contributed by atoms with Gasteiger partial charge in [-0.05, 0) is 31.0 Å². The van der Waals surface area contributed by atoms with Crippen molar-refractivity contribution in [3.63, 3.8) is 0 Å². The fourth-order valence-electron chi connectivity index (χ4n) is 3.47. The summed E-state index contributed by atoms with van der Waals surface area (Å²) in [6.07, 6.45) is -3.90. The lowest BCUT2D eigenvalue weighted by Gasteiger charge is -2.25. The standard InChI is InChI=1S/C19H26F3N3O5S/c1-4-24(5-2)31(28,29)16-11-13(8-9-15(16)30-3)18(27)25-10-6-7-14(25)17(26)23-12-19(20,21)22/h8-9,11,14H,4-7,10,12H2,1-3H3,(H,23,26). The summed E-state index contributed by atoms with van der Waals surface area (Å²) < 4.78 is 69.5. The minimum absolute atomic E-state index is 0.00190. The molecule has 1 heterocycles. The lowest BCUT2D eigenvalue weighted by molar-refractivity contribution is -0.140. The number of hydrogen-bond acceptors (Lipinski definition) is 5. The maximum Gasteiger partial charge on any atom is 0.405 e. The Balaban J connectivity index is 2.34. The second kappa shape index (κ2) is 9.86. The zero-order chi connectivity index (χ0) is 23.4. The SMILES string of the molecule is CCN(CC)S(=O)(=O)c1cc(C(=O)N2CCCC2C(=O)NCC(F)(F)F)ccc1OC. The van der Waals surface area contributed by atoms with Crippen molar-refractivity contribution in [2.75, 3.05) is 33.3 Å². The first kappa shape index (κ1) is 24.9. The zero-order valence-electron chi connectivity index (χ0n) is 17.5. The summed E-state index contributed by atoms with van der Waals surface area (Å²) >= 11 is 0. The lowest BCUT2D eigenvalue weighted by Crippen LogP contribution is -2.48. The molecule has 8 nitrogen and oxygen atoms in total. The van der Waals surface area contributed by atoms with Crippen molar-refractivity contribution in [1.82, 2.24) is 14.5 Å². The van der Waals surface area contributed by atoms with Crippen LogP contribution in [0.5, 0.6) is 5.75 Å². The van der Waals surface area contributed by atoms with Gasteiger partial charge in [0.25, 0.3) is 5.91 Å². The first-order valence-corrected chi connectivity index (χ1v) is 11.2. The summed E-state index contributed by atoms with van der Waals surface area (Å²) in [5.74, 6) is -1.47. The van der Waals surface area contributed by atoms with Crippen LogP contribution in [-0.2, 0) is 14.8 Å². The number of carbonyl (C=O) groups excluding carboxylic acids is 2. The van der Waals surface area contributed by atoms with E-state index in [-0.39, 0.29) is 42.3 Å². The van der Waals surface area contributed by atoms with Gasteiger partial charge in [-0.3, -0.25) is 9.59 Å². The van der Waals surface area contributed by atoms with Gasteiger partial charge in [-0.2, -0.15) is 17.5 Å². The van der Waals surface area contributed by atoms with Gasteiger partial charge in [0, 0.05) is 25.2 Å². The average Bonchev–Trinajstić information content (AvgIpc) is 3.21. The molecule has 1 aliphatic heterocycles. The van der Waals surface area contributed by atoms with Gasteiger partial charge < -0.3 is 15.0 Å². The highest BCUT2D eigenvalue weighted by Gasteiger charge is 2.37. The van der Waals surface area contributed by atoms with Gasteiger partial charge in [-0.15, -0.1) is 0 Å². The number of amides is 2. The number of carbonyl (C=O) groups is 2. The quantitative estimate of drug-likeness (QED) is 0.634. The van der Waals surface area contributed by atoms with E-state index < -0.39 is 40.6 Å². The fourth-order valence-corrected chi connectivity index (χ4v) is 5.11. The molecule has 174 valence electrons. The van der Waals surface area contributed by atoms with Crippen molar-refractivity contribution in [2.45, 2.75) is 43.8 Å². The molecule has 1 N–H and O–H groups in total. The van der Waals surface area contributed by atoms with Crippen LogP contribution < -0.4 is 10.1 Å². The molecule has 1 aromatic carbocycles. The van der Waals surface area contributed by atoms with Crippen molar-refractivity contribution in [3.8, 4) is 5.75 Å². The third-order valence-electron chi connectivity index (χ3n) is 5.01. The molecule has 1 atom stereocenters. The number of rotatable bonds is 8. The van der Waals surface area contributed by atoms with Crippen LogP contribution >= 0.6 is 0 Å². The molecule has 31 heavy (non-hydrogen) atoms. The Morgan fingerprint density at radius 2 is 1.90 bits per heavy atom. The Kier molecular flexibility index (Phi) is 7.93. The van der Waals surface area contributed by atoms with Gasteiger partial charge in [0.15, 0.2) is 0 Å². The molecule has 0 spiro atoms. The maximum atomic E-state index is 13.0. The number of alkyl halides is 3. The highest BCUT2D eigenvalue weighted by molar-refractivity contribution is 7.89. The summed E-state index contributed by atoms with van der Waals surface area (Å²) in [6, 6.07) is 2.83. The Hall–Kier alpha value is -2.34. The van der Waals surface area contributed by atoms with Gasteiger partial charge >= 0.3 is 6.18 Å². The minimum atomic E-state index is -4.56. The molecular formula is C19H26F3N3O5S. The number of likely N-dealkylation sites (tertiary alicyclic amines) is 1. The Labute approximate surface area is 179 Å². The molecule has 0 radical (unpaired) electrons. The number of halogens is 3. The Bertz CT molecular complexity index is 917. The van der Waals surface area contributed by atoms with E-state index in [0.29, 0.717) is 6.42 Å². The van der Waals surface area contributed by atoms with Crippen molar-refractivity contribution < 1.29 is 35.9 Å². The first-order valence-electron chi connectivity index (χ1n) is 9.79. The molecule has 1 aliphatic rings. The molecule has 1 aromatic rings. The molecule has 0 bridgehead atoms. The Morgan fingerprint density at radius 1 is 1.26 bits per heavy atom. The van der Waals surface area contributed by atoms with Gasteiger partial charge in [-0.1, -0.05) is 13.8 Å². The largest absolute Gasteiger partial charge is 0.495 e. The van der Waals surface area contributed by atoms with Crippen LogP contribution in [0.2, 0.25) is 0 Å². The molecular weight excluding hydrogens is 439 g/mol. The third-order valence-corrected chi connectivity index (χ3v) is 7.08. The number of hydrogen-bond donors (Lipinski definition) is 1.